The first kappa shape index (κ1) is 14.1. The van der Waals surface area contributed by atoms with Crippen molar-refractivity contribution < 1.29 is 4.79 Å². The van der Waals surface area contributed by atoms with E-state index in [0.29, 0.717) is 12.5 Å². The number of thiazole rings is 1. The SMILES string of the molecule is Cc1ncc(CNC(C)C(=O)NCC(C)C)s1. The Morgan fingerprint density at radius 2 is 2.18 bits per heavy atom. The molecular weight excluding hydrogens is 234 g/mol. The van der Waals surface area contributed by atoms with Crippen LogP contribution in [0.1, 0.15) is 30.7 Å². The van der Waals surface area contributed by atoms with Crippen molar-refractivity contribution in [1.29, 1.82) is 0 Å². The molecule has 1 aromatic heterocycles. The van der Waals surface area contributed by atoms with Gasteiger partial charge in [0, 0.05) is 24.2 Å². The van der Waals surface area contributed by atoms with E-state index in [2.05, 4.69) is 29.5 Å². The van der Waals surface area contributed by atoms with Gasteiger partial charge in [0.25, 0.3) is 0 Å². The van der Waals surface area contributed by atoms with Gasteiger partial charge in [-0.05, 0) is 19.8 Å². The van der Waals surface area contributed by atoms with Gasteiger partial charge in [0.1, 0.15) is 0 Å². The average molecular weight is 255 g/mol. The number of carbonyl (C=O) groups excluding carboxylic acids is 1. The molecule has 0 saturated heterocycles. The van der Waals surface area contributed by atoms with E-state index in [9.17, 15) is 4.79 Å². The second kappa shape index (κ2) is 6.71. The lowest BCUT2D eigenvalue weighted by molar-refractivity contribution is -0.122. The minimum Gasteiger partial charge on any atom is -0.354 e. The van der Waals surface area contributed by atoms with Crippen molar-refractivity contribution in [2.75, 3.05) is 6.54 Å². The van der Waals surface area contributed by atoms with Crippen LogP contribution in [-0.2, 0) is 11.3 Å². The Kier molecular flexibility index (Phi) is 5.58. The summed E-state index contributed by atoms with van der Waals surface area (Å²) in [6.07, 6.45) is 1.85. The summed E-state index contributed by atoms with van der Waals surface area (Å²) in [6, 6.07) is -0.170. The van der Waals surface area contributed by atoms with Gasteiger partial charge in [-0.1, -0.05) is 13.8 Å². The molecule has 1 heterocycles. The van der Waals surface area contributed by atoms with Crippen LogP contribution in [0, 0.1) is 12.8 Å². The number of aromatic nitrogens is 1. The van der Waals surface area contributed by atoms with Crippen LogP contribution in [0.15, 0.2) is 6.20 Å². The number of amides is 1. The zero-order valence-electron chi connectivity index (χ0n) is 10.9. The zero-order chi connectivity index (χ0) is 12.8. The molecule has 17 heavy (non-hydrogen) atoms. The molecule has 0 spiro atoms. The van der Waals surface area contributed by atoms with E-state index in [0.717, 1.165) is 16.4 Å². The maximum absolute atomic E-state index is 11.7. The number of hydrogen-bond acceptors (Lipinski definition) is 4. The lowest BCUT2D eigenvalue weighted by Gasteiger charge is -2.14. The zero-order valence-corrected chi connectivity index (χ0v) is 11.7. The molecule has 0 aliphatic heterocycles. The third kappa shape index (κ3) is 5.28. The van der Waals surface area contributed by atoms with Crippen LogP contribution >= 0.6 is 11.3 Å². The highest BCUT2D eigenvalue weighted by atomic mass is 32.1. The summed E-state index contributed by atoms with van der Waals surface area (Å²) in [4.78, 5) is 17.0. The molecular formula is C12H21N3OS. The standard InChI is InChI=1S/C12H21N3OS/c1-8(2)5-15-12(16)9(3)13-6-11-7-14-10(4)17-11/h7-9,13H,5-6H2,1-4H3,(H,15,16). The average Bonchev–Trinajstić information content (AvgIpc) is 2.68. The summed E-state index contributed by atoms with van der Waals surface area (Å²) in [5.74, 6) is 0.537. The van der Waals surface area contributed by atoms with Crippen LogP contribution in [0.4, 0.5) is 0 Å². The lowest BCUT2D eigenvalue weighted by Crippen LogP contribution is -2.42. The van der Waals surface area contributed by atoms with Gasteiger partial charge in [-0.15, -0.1) is 11.3 Å². The monoisotopic (exact) mass is 255 g/mol. The van der Waals surface area contributed by atoms with Gasteiger partial charge >= 0.3 is 0 Å². The predicted octanol–water partition coefficient (Wildman–Crippen LogP) is 1.70. The minimum atomic E-state index is -0.170. The van der Waals surface area contributed by atoms with Crippen LogP contribution < -0.4 is 10.6 Å². The summed E-state index contributed by atoms with van der Waals surface area (Å²) in [5.41, 5.74) is 0. The van der Waals surface area contributed by atoms with Crippen molar-refractivity contribution in [3.05, 3.63) is 16.1 Å². The van der Waals surface area contributed by atoms with E-state index in [4.69, 9.17) is 0 Å². The van der Waals surface area contributed by atoms with Crippen LogP contribution in [0.2, 0.25) is 0 Å². The molecule has 2 N–H and O–H groups in total. The molecule has 5 heteroatoms. The summed E-state index contributed by atoms with van der Waals surface area (Å²) in [5, 5.41) is 7.16. The fourth-order valence-corrected chi connectivity index (χ4v) is 2.04. The second-order valence-electron chi connectivity index (χ2n) is 4.59. The molecule has 0 aromatic carbocycles. The maximum Gasteiger partial charge on any atom is 0.236 e. The number of aryl methyl sites for hydroxylation is 1. The van der Waals surface area contributed by atoms with Crippen molar-refractivity contribution in [1.82, 2.24) is 15.6 Å². The quantitative estimate of drug-likeness (QED) is 0.813. The topological polar surface area (TPSA) is 54.0 Å². The molecule has 96 valence electrons. The van der Waals surface area contributed by atoms with Crippen LogP contribution in [0.25, 0.3) is 0 Å². The summed E-state index contributed by atoms with van der Waals surface area (Å²) < 4.78 is 0. The summed E-state index contributed by atoms with van der Waals surface area (Å²) in [7, 11) is 0. The molecule has 0 radical (unpaired) electrons. The van der Waals surface area contributed by atoms with E-state index in [-0.39, 0.29) is 11.9 Å². The third-order valence-corrected chi connectivity index (χ3v) is 3.24. The van der Waals surface area contributed by atoms with E-state index in [1.807, 2.05) is 20.0 Å². The maximum atomic E-state index is 11.7. The highest BCUT2D eigenvalue weighted by Gasteiger charge is 2.12. The number of carbonyl (C=O) groups is 1. The molecule has 4 nitrogen and oxygen atoms in total. The number of rotatable bonds is 6. The first-order valence-corrected chi connectivity index (χ1v) is 6.73. The summed E-state index contributed by atoms with van der Waals surface area (Å²) in [6.45, 7) is 9.44. The fraction of sp³-hybridized carbons (Fsp3) is 0.667. The molecule has 0 aliphatic carbocycles. The lowest BCUT2D eigenvalue weighted by atomic mass is 10.2. The van der Waals surface area contributed by atoms with Crippen LogP contribution in [-0.4, -0.2) is 23.5 Å². The molecule has 0 bridgehead atoms. The smallest absolute Gasteiger partial charge is 0.236 e. The Labute approximate surface area is 107 Å². The largest absolute Gasteiger partial charge is 0.354 e. The van der Waals surface area contributed by atoms with E-state index in [1.165, 1.54) is 0 Å². The van der Waals surface area contributed by atoms with E-state index < -0.39 is 0 Å². The van der Waals surface area contributed by atoms with Gasteiger partial charge in [-0.25, -0.2) is 4.98 Å². The number of nitrogens with zero attached hydrogens (tertiary/aromatic N) is 1. The second-order valence-corrected chi connectivity index (χ2v) is 5.91. The Balaban J connectivity index is 2.29. The Bertz CT molecular complexity index is 362. The van der Waals surface area contributed by atoms with Crippen molar-refractivity contribution >= 4 is 17.2 Å². The van der Waals surface area contributed by atoms with Gasteiger partial charge < -0.3 is 10.6 Å². The van der Waals surface area contributed by atoms with Crippen molar-refractivity contribution in [3.8, 4) is 0 Å². The van der Waals surface area contributed by atoms with Crippen molar-refractivity contribution in [2.45, 2.75) is 40.3 Å². The molecule has 1 amide bonds. The van der Waals surface area contributed by atoms with Gasteiger partial charge in [0.05, 0.1) is 11.0 Å². The van der Waals surface area contributed by atoms with Gasteiger partial charge in [0.15, 0.2) is 0 Å². The highest BCUT2D eigenvalue weighted by Crippen LogP contribution is 2.10. The van der Waals surface area contributed by atoms with Crippen molar-refractivity contribution in [2.24, 2.45) is 5.92 Å². The molecule has 1 aromatic rings. The molecule has 0 aliphatic rings. The van der Waals surface area contributed by atoms with Gasteiger partial charge in [-0.3, -0.25) is 4.79 Å². The van der Waals surface area contributed by atoms with Gasteiger partial charge in [0.2, 0.25) is 5.91 Å². The van der Waals surface area contributed by atoms with Crippen LogP contribution in [0.3, 0.4) is 0 Å². The third-order valence-electron chi connectivity index (χ3n) is 2.33. The molecule has 1 unspecified atom stereocenters. The first-order valence-electron chi connectivity index (χ1n) is 5.91. The van der Waals surface area contributed by atoms with Crippen LogP contribution in [0.5, 0.6) is 0 Å². The number of nitrogens with one attached hydrogen (secondary N) is 2. The molecule has 0 fully saturated rings. The molecule has 0 saturated carbocycles. The number of hydrogen-bond donors (Lipinski definition) is 2. The Hall–Kier alpha value is -0.940. The summed E-state index contributed by atoms with van der Waals surface area (Å²) >= 11 is 1.65. The first-order chi connectivity index (χ1) is 7.99. The normalized spacial score (nSPS) is 12.8. The predicted molar refractivity (Wildman–Crippen MR) is 71.0 cm³/mol. The van der Waals surface area contributed by atoms with Crippen molar-refractivity contribution in [3.63, 3.8) is 0 Å². The Morgan fingerprint density at radius 3 is 2.71 bits per heavy atom. The fourth-order valence-electron chi connectivity index (χ4n) is 1.29. The minimum absolute atomic E-state index is 0.0555. The van der Waals surface area contributed by atoms with E-state index >= 15 is 0 Å². The molecule has 1 atom stereocenters. The Morgan fingerprint density at radius 1 is 1.47 bits per heavy atom. The van der Waals surface area contributed by atoms with E-state index in [1.54, 1.807) is 11.3 Å². The van der Waals surface area contributed by atoms with Gasteiger partial charge in [-0.2, -0.15) is 0 Å². The molecule has 1 rings (SSSR count). The highest BCUT2D eigenvalue weighted by molar-refractivity contribution is 7.11.